The number of imide groups is 1. The van der Waals surface area contributed by atoms with E-state index in [4.69, 9.17) is 0 Å². The van der Waals surface area contributed by atoms with Crippen molar-refractivity contribution in [1.29, 1.82) is 0 Å². The van der Waals surface area contributed by atoms with E-state index >= 15 is 0 Å². The fourth-order valence-corrected chi connectivity index (χ4v) is 7.13. The van der Waals surface area contributed by atoms with Crippen LogP contribution in [0.5, 0.6) is 0 Å². The van der Waals surface area contributed by atoms with E-state index in [0.29, 0.717) is 16.4 Å². The van der Waals surface area contributed by atoms with Crippen LogP contribution in [-0.4, -0.2) is 35.8 Å². The molecule has 1 aromatic carbocycles. The standard InChI is InChI=1S/C14H11I3N2O5/c1-5(20)18(2)12-9(15)8(14(23)24)10(16)13(11(12)17)19-6(21)3-4-7(19)22/h3-4H2,1-2H3,(H,23,24). The van der Waals surface area contributed by atoms with Gasteiger partial charge < -0.3 is 10.0 Å². The number of hydrogen-bond donors (Lipinski definition) is 1. The molecule has 1 aromatic rings. The van der Waals surface area contributed by atoms with Crippen LogP contribution in [0.4, 0.5) is 11.4 Å². The second-order valence-corrected chi connectivity index (χ2v) is 8.26. The highest BCUT2D eigenvalue weighted by atomic mass is 127. The molecular formula is C14H11I3N2O5. The Labute approximate surface area is 178 Å². The first-order chi connectivity index (χ1) is 11.1. The number of amides is 3. The lowest BCUT2D eigenvalue weighted by atomic mass is 10.1. The Balaban J connectivity index is 2.89. The van der Waals surface area contributed by atoms with Gasteiger partial charge in [-0.1, -0.05) is 0 Å². The molecule has 0 spiro atoms. The molecule has 1 heterocycles. The van der Waals surface area contributed by atoms with Crippen molar-refractivity contribution in [3.05, 3.63) is 16.3 Å². The Morgan fingerprint density at radius 3 is 1.96 bits per heavy atom. The third kappa shape index (κ3) is 3.27. The average Bonchev–Trinajstić information content (AvgIpc) is 2.78. The van der Waals surface area contributed by atoms with Gasteiger partial charge in [0, 0.05) is 26.8 Å². The summed E-state index contributed by atoms with van der Waals surface area (Å²) in [4.78, 5) is 50.2. The second kappa shape index (κ2) is 7.39. The zero-order valence-electron chi connectivity index (χ0n) is 12.5. The van der Waals surface area contributed by atoms with Crippen molar-refractivity contribution < 1.29 is 24.3 Å². The molecule has 0 bridgehead atoms. The van der Waals surface area contributed by atoms with Gasteiger partial charge in [0.1, 0.15) is 0 Å². The minimum Gasteiger partial charge on any atom is -0.478 e. The fourth-order valence-electron chi connectivity index (χ4n) is 2.30. The van der Waals surface area contributed by atoms with Crippen molar-refractivity contribution in [1.82, 2.24) is 0 Å². The second-order valence-electron chi connectivity index (χ2n) is 5.02. The highest BCUT2D eigenvalue weighted by Gasteiger charge is 2.37. The fraction of sp³-hybridized carbons (Fsp3) is 0.286. The topological polar surface area (TPSA) is 95.0 Å². The third-order valence-corrected chi connectivity index (χ3v) is 6.69. The largest absolute Gasteiger partial charge is 0.478 e. The van der Waals surface area contributed by atoms with Crippen LogP contribution in [-0.2, 0) is 14.4 Å². The number of aromatic carboxylic acids is 1. The van der Waals surface area contributed by atoms with Crippen LogP contribution in [0.1, 0.15) is 30.1 Å². The molecule has 0 atom stereocenters. The Bertz CT molecular complexity index is 777. The van der Waals surface area contributed by atoms with E-state index in [2.05, 4.69) is 0 Å². The third-order valence-electron chi connectivity index (χ3n) is 3.57. The lowest BCUT2D eigenvalue weighted by Gasteiger charge is -2.26. The predicted molar refractivity (Wildman–Crippen MR) is 112 cm³/mol. The quantitative estimate of drug-likeness (QED) is 0.396. The van der Waals surface area contributed by atoms with Gasteiger partial charge in [-0.25, -0.2) is 9.69 Å². The summed E-state index contributed by atoms with van der Waals surface area (Å²) in [6.45, 7) is 1.36. The van der Waals surface area contributed by atoms with Gasteiger partial charge in [-0.3, -0.25) is 14.4 Å². The minimum atomic E-state index is -1.18. The number of hydrogen-bond acceptors (Lipinski definition) is 4. The molecule has 0 aliphatic carbocycles. The average molecular weight is 668 g/mol. The number of benzene rings is 1. The lowest BCUT2D eigenvalue weighted by Crippen LogP contribution is -2.33. The van der Waals surface area contributed by atoms with Crippen LogP contribution < -0.4 is 9.80 Å². The normalized spacial score (nSPS) is 14.3. The SMILES string of the molecule is CC(=O)N(C)c1c(I)c(C(=O)O)c(I)c(N2C(=O)CCC2=O)c1I. The lowest BCUT2D eigenvalue weighted by molar-refractivity contribution is -0.121. The molecule has 7 nitrogen and oxygen atoms in total. The van der Waals surface area contributed by atoms with Crippen molar-refractivity contribution in [3.8, 4) is 0 Å². The summed E-state index contributed by atoms with van der Waals surface area (Å²) in [5, 5.41) is 9.58. The summed E-state index contributed by atoms with van der Waals surface area (Å²) in [6, 6.07) is 0. The van der Waals surface area contributed by atoms with Gasteiger partial charge in [0.25, 0.3) is 0 Å². The maximum Gasteiger partial charge on any atom is 0.338 e. The summed E-state index contributed by atoms with van der Waals surface area (Å²) in [5.41, 5.74) is 0.593. The molecular weight excluding hydrogens is 657 g/mol. The van der Waals surface area contributed by atoms with Crippen LogP contribution in [0.25, 0.3) is 0 Å². The van der Waals surface area contributed by atoms with E-state index in [1.807, 2.05) is 67.8 Å². The summed E-state index contributed by atoms with van der Waals surface area (Å²) in [6.07, 6.45) is 0.189. The first-order valence-corrected chi connectivity index (χ1v) is 9.87. The van der Waals surface area contributed by atoms with Crippen molar-refractivity contribution in [2.75, 3.05) is 16.8 Å². The van der Waals surface area contributed by atoms with Crippen molar-refractivity contribution in [2.24, 2.45) is 0 Å². The zero-order valence-corrected chi connectivity index (χ0v) is 19.0. The summed E-state index contributed by atoms with van der Waals surface area (Å²) in [5.74, 6) is -2.21. The van der Waals surface area contributed by atoms with E-state index in [1.165, 1.54) is 18.9 Å². The molecule has 1 N–H and O–H groups in total. The van der Waals surface area contributed by atoms with Crippen LogP contribution in [0, 0.1) is 10.7 Å². The molecule has 1 fully saturated rings. The number of nitrogens with zero attached hydrogens (tertiary/aromatic N) is 2. The summed E-state index contributed by atoms with van der Waals surface area (Å²) in [7, 11) is 1.53. The van der Waals surface area contributed by atoms with Crippen LogP contribution >= 0.6 is 67.8 Å². The van der Waals surface area contributed by atoms with E-state index in [9.17, 15) is 24.3 Å². The molecule has 0 radical (unpaired) electrons. The van der Waals surface area contributed by atoms with Crippen molar-refractivity contribution in [3.63, 3.8) is 0 Å². The van der Waals surface area contributed by atoms with Crippen molar-refractivity contribution >= 4 is 103 Å². The first kappa shape index (κ1) is 19.8. The number of rotatable bonds is 3. The highest BCUT2D eigenvalue weighted by Crippen LogP contribution is 2.43. The Morgan fingerprint density at radius 1 is 1.04 bits per heavy atom. The summed E-state index contributed by atoms with van der Waals surface area (Å²) >= 11 is 5.66. The van der Waals surface area contributed by atoms with E-state index in [-0.39, 0.29) is 41.8 Å². The number of halogens is 3. The van der Waals surface area contributed by atoms with Crippen LogP contribution in [0.3, 0.4) is 0 Å². The Kier molecular flexibility index (Phi) is 6.10. The number of carbonyl (C=O) groups excluding carboxylic acids is 3. The number of carboxylic acid groups (broad SMARTS) is 1. The van der Waals surface area contributed by atoms with Gasteiger partial charge >= 0.3 is 5.97 Å². The maximum absolute atomic E-state index is 12.1. The molecule has 1 aliphatic heterocycles. The molecule has 0 saturated carbocycles. The van der Waals surface area contributed by atoms with Gasteiger partial charge in [-0.2, -0.15) is 0 Å². The molecule has 2 rings (SSSR count). The molecule has 1 aliphatic rings. The molecule has 10 heteroatoms. The first-order valence-electron chi connectivity index (χ1n) is 6.63. The van der Waals surface area contributed by atoms with Crippen LogP contribution in [0.2, 0.25) is 0 Å². The Hall–Kier alpha value is -0.510. The van der Waals surface area contributed by atoms with Gasteiger partial charge in [0.2, 0.25) is 17.7 Å². The van der Waals surface area contributed by atoms with E-state index in [0.717, 1.165) is 4.90 Å². The number of carboxylic acids is 1. The number of anilines is 2. The van der Waals surface area contributed by atoms with Crippen LogP contribution in [0.15, 0.2) is 0 Å². The van der Waals surface area contributed by atoms with Crippen molar-refractivity contribution in [2.45, 2.75) is 19.8 Å². The molecule has 3 amide bonds. The monoisotopic (exact) mass is 668 g/mol. The summed E-state index contributed by atoms with van der Waals surface area (Å²) < 4.78 is 1.18. The molecule has 1 saturated heterocycles. The van der Waals surface area contributed by atoms with Gasteiger partial charge in [-0.15, -0.1) is 0 Å². The predicted octanol–water partition coefficient (Wildman–Crippen LogP) is 2.83. The zero-order chi connectivity index (χ0) is 18.3. The van der Waals surface area contributed by atoms with E-state index < -0.39 is 5.97 Å². The van der Waals surface area contributed by atoms with Gasteiger partial charge in [-0.05, 0) is 67.8 Å². The molecule has 24 heavy (non-hydrogen) atoms. The van der Waals surface area contributed by atoms with Gasteiger partial charge in [0.05, 0.1) is 27.6 Å². The minimum absolute atomic E-state index is 0.0257. The smallest absolute Gasteiger partial charge is 0.338 e. The highest BCUT2D eigenvalue weighted by molar-refractivity contribution is 14.1. The maximum atomic E-state index is 12.1. The Morgan fingerprint density at radius 2 is 1.54 bits per heavy atom. The molecule has 0 unspecified atom stereocenters. The van der Waals surface area contributed by atoms with E-state index in [1.54, 1.807) is 0 Å². The molecule has 0 aromatic heterocycles. The van der Waals surface area contributed by atoms with Gasteiger partial charge in [0.15, 0.2) is 0 Å². The molecule has 128 valence electrons. The number of carbonyl (C=O) groups is 4.